The fourth-order valence-electron chi connectivity index (χ4n) is 3.15. The Morgan fingerprint density at radius 3 is 2.56 bits per heavy atom. The van der Waals surface area contributed by atoms with E-state index in [1.165, 1.54) is 18.4 Å². The second-order valence-electron chi connectivity index (χ2n) is 8.72. The molecule has 0 saturated heterocycles. The van der Waals surface area contributed by atoms with Crippen molar-refractivity contribution in [3.8, 4) is 17.3 Å². The van der Waals surface area contributed by atoms with Crippen LogP contribution in [-0.2, 0) is 0 Å². The molecular weight excluding hydrogens is 424 g/mol. The molecule has 0 aliphatic heterocycles. The molecule has 3 aromatic heterocycles. The molecule has 7 nitrogen and oxygen atoms in total. The second kappa shape index (κ2) is 9.94. The fourth-order valence-corrected chi connectivity index (χ4v) is 3.15. The third-order valence-corrected chi connectivity index (χ3v) is 5.28. The summed E-state index contributed by atoms with van der Waals surface area (Å²) in [5.41, 5.74) is 3.36. The van der Waals surface area contributed by atoms with Crippen molar-refractivity contribution in [2.75, 3.05) is 23.8 Å². The SMILES string of the molecule is CC(C)(CO)CNc1ccc(-c2cc(C3CC3)cc(Nc3cc(C#N)ccn3)n2)cn1.Cl. The highest BCUT2D eigenvalue weighted by molar-refractivity contribution is 5.85. The average molecular weight is 451 g/mol. The fraction of sp³-hybridized carbons (Fsp3) is 0.333. The van der Waals surface area contributed by atoms with E-state index in [9.17, 15) is 5.11 Å². The van der Waals surface area contributed by atoms with Crippen LogP contribution < -0.4 is 10.6 Å². The van der Waals surface area contributed by atoms with Crippen LogP contribution in [0, 0.1) is 16.7 Å². The number of halogens is 1. The molecule has 3 aromatic rings. The van der Waals surface area contributed by atoms with Crippen LogP contribution in [0.25, 0.3) is 11.3 Å². The zero-order valence-electron chi connectivity index (χ0n) is 18.2. The van der Waals surface area contributed by atoms with Gasteiger partial charge in [-0.15, -0.1) is 12.4 Å². The highest BCUT2D eigenvalue weighted by atomic mass is 35.5. The van der Waals surface area contributed by atoms with Gasteiger partial charge >= 0.3 is 0 Å². The number of anilines is 3. The lowest BCUT2D eigenvalue weighted by Gasteiger charge is -2.22. The molecule has 166 valence electrons. The number of nitrogens with one attached hydrogen (secondary N) is 2. The first kappa shape index (κ1) is 23.5. The number of aliphatic hydroxyl groups excluding tert-OH is 1. The summed E-state index contributed by atoms with van der Waals surface area (Å²) >= 11 is 0. The molecule has 1 aliphatic carbocycles. The zero-order chi connectivity index (χ0) is 21.8. The molecule has 4 rings (SSSR count). The summed E-state index contributed by atoms with van der Waals surface area (Å²) in [4.78, 5) is 13.6. The molecule has 32 heavy (non-hydrogen) atoms. The van der Waals surface area contributed by atoms with Crippen molar-refractivity contribution in [3.05, 3.63) is 59.9 Å². The first-order chi connectivity index (χ1) is 15.0. The van der Waals surface area contributed by atoms with Gasteiger partial charge in [0.25, 0.3) is 0 Å². The summed E-state index contributed by atoms with van der Waals surface area (Å²) < 4.78 is 0. The molecule has 1 saturated carbocycles. The maximum absolute atomic E-state index is 9.41. The van der Waals surface area contributed by atoms with Crippen LogP contribution in [0.3, 0.4) is 0 Å². The minimum atomic E-state index is -0.210. The van der Waals surface area contributed by atoms with Crippen molar-refractivity contribution in [2.45, 2.75) is 32.6 Å². The molecule has 0 unspecified atom stereocenters. The van der Waals surface area contributed by atoms with Gasteiger partial charge in [0, 0.05) is 36.5 Å². The summed E-state index contributed by atoms with van der Waals surface area (Å²) in [6.45, 7) is 4.74. The van der Waals surface area contributed by atoms with Crippen molar-refractivity contribution >= 4 is 29.9 Å². The van der Waals surface area contributed by atoms with E-state index in [4.69, 9.17) is 10.2 Å². The predicted molar refractivity (Wildman–Crippen MR) is 128 cm³/mol. The molecule has 0 amide bonds. The Labute approximate surface area is 194 Å². The van der Waals surface area contributed by atoms with E-state index in [1.54, 1.807) is 18.3 Å². The average Bonchev–Trinajstić information content (AvgIpc) is 3.64. The third-order valence-electron chi connectivity index (χ3n) is 5.28. The molecular formula is C24H27ClN6O. The first-order valence-electron chi connectivity index (χ1n) is 10.4. The summed E-state index contributed by atoms with van der Waals surface area (Å²) in [7, 11) is 0. The van der Waals surface area contributed by atoms with Gasteiger partial charge in [0.05, 0.1) is 17.3 Å². The number of nitriles is 1. The molecule has 0 spiro atoms. The summed E-state index contributed by atoms with van der Waals surface area (Å²) in [5.74, 6) is 2.62. The normalized spacial score (nSPS) is 13.1. The van der Waals surface area contributed by atoms with Crippen LogP contribution in [0.5, 0.6) is 0 Å². The zero-order valence-corrected chi connectivity index (χ0v) is 19.0. The lowest BCUT2D eigenvalue weighted by Crippen LogP contribution is -2.27. The molecule has 1 fully saturated rings. The van der Waals surface area contributed by atoms with E-state index in [0.717, 1.165) is 17.1 Å². The number of hydrogen-bond acceptors (Lipinski definition) is 7. The van der Waals surface area contributed by atoms with Gasteiger partial charge in [-0.1, -0.05) is 13.8 Å². The molecule has 0 aromatic carbocycles. The minimum Gasteiger partial charge on any atom is -0.396 e. The molecule has 3 heterocycles. The maximum atomic E-state index is 9.41. The van der Waals surface area contributed by atoms with E-state index >= 15 is 0 Å². The number of hydrogen-bond donors (Lipinski definition) is 3. The summed E-state index contributed by atoms with van der Waals surface area (Å²) in [6.07, 6.45) is 5.80. The van der Waals surface area contributed by atoms with Crippen LogP contribution in [0.15, 0.2) is 48.8 Å². The van der Waals surface area contributed by atoms with Crippen molar-refractivity contribution in [3.63, 3.8) is 0 Å². The lowest BCUT2D eigenvalue weighted by molar-refractivity contribution is 0.170. The van der Waals surface area contributed by atoms with Gasteiger partial charge in [0.2, 0.25) is 0 Å². The number of aromatic nitrogens is 3. The Hall–Kier alpha value is -3.21. The van der Waals surface area contributed by atoms with Gasteiger partial charge in [-0.2, -0.15) is 5.26 Å². The minimum absolute atomic E-state index is 0. The van der Waals surface area contributed by atoms with Crippen LogP contribution in [-0.4, -0.2) is 33.2 Å². The number of aliphatic hydroxyl groups is 1. The highest BCUT2D eigenvalue weighted by Gasteiger charge is 2.25. The van der Waals surface area contributed by atoms with E-state index in [-0.39, 0.29) is 24.4 Å². The quantitative estimate of drug-likeness (QED) is 0.448. The third kappa shape index (κ3) is 5.94. The van der Waals surface area contributed by atoms with Crippen molar-refractivity contribution < 1.29 is 5.11 Å². The highest BCUT2D eigenvalue weighted by Crippen LogP contribution is 2.42. The van der Waals surface area contributed by atoms with Gasteiger partial charge < -0.3 is 15.7 Å². The molecule has 0 radical (unpaired) electrons. The maximum Gasteiger partial charge on any atom is 0.132 e. The first-order valence-corrected chi connectivity index (χ1v) is 10.4. The van der Waals surface area contributed by atoms with Crippen LogP contribution in [0.1, 0.15) is 43.7 Å². The summed E-state index contributed by atoms with van der Waals surface area (Å²) in [5, 5.41) is 25.0. The van der Waals surface area contributed by atoms with Gasteiger partial charge in [-0.3, -0.25) is 0 Å². The molecule has 0 atom stereocenters. The van der Waals surface area contributed by atoms with Crippen LogP contribution >= 0.6 is 12.4 Å². The number of rotatable bonds is 8. The van der Waals surface area contributed by atoms with Gasteiger partial charge in [0.15, 0.2) is 0 Å². The van der Waals surface area contributed by atoms with Gasteiger partial charge in [-0.25, -0.2) is 15.0 Å². The standard InChI is InChI=1S/C24H26N6O.ClH/c1-24(2,15-31)14-28-21-6-5-18(13-27-21)20-10-19(17-3-4-17)11-23(29-20)30-22-9-16(12-25)7-8-26-22;/h5-11,13,17,31H,3-4,14-15H2,1-2H3,(H,27,28)(H,26,29,30);1H. The molecule has 3 N–H and O–H groups in total. The predicted octanol–water partition coefficient (Wildman–Crippen LogP) is 4.88. The Kier molecular flexibility index (Phi) is 7.29. The van der Waals surface area contributed by atoms with Crippen molar-refractivity contribution in [2.24, 2.45) is 5.41 Å². The van der Waals surface area contributed by atoms with E-state index in [0.29, 0.717) is 29.7 Å². The van der Waals surface area contributed by atoms with Crippen molar-refractivity contribution in [1.82, 2.24) is 15.0 Å². The largest absolute Gasteiger partial charge is 0.396 e. The smallest absolute Gasteiger partial charge is 0.132 e. The Balaban J connectivity index is 0.00000289. The summed E-state index contributed by atoms with van der Waals surface area (Å²) in [6, 6.07) is 13.6. The lowest BCUT2D eigenvalue weighted by atomic mass is 9.95. The van der Waals surface area contributed by atoms with Crippen LogP contribution in [0.4, 0.5) is 17.5 Å². The molecule has 8 heteroatoms. The Morgan fingerprint density at radius 1 is 1.09 bits per heavy atom. The Morgan fingerprint density at radius 2 is 1.91 bits per heavy atom. The topological polar surface area (TPSA) is 107 Å². The van der Waals surface area contributed by atoms with Crippen LogP contribution in [0.2, 0.25) is 0 Å². The second-order valence-corrected chi connectivity index (χ2v) is 8.72. The number of pyridine rings is 3. The number of nitrogens with zero attached hydrogens (tertiary/aromatic N) is 4. The Bertz CT molecular complexity index is 1110. The monoisotopic (exact) mass is 450 g/mol. The van der Waals surface area contributed by atoms with Gasteiger partial charge in [-0.05, 0) is 60.7 Å². The van der Waals surface area contributed by atoms with E-state index in [1.807, 2.05) is 32.2 Å². The molecule has 1 aliphatic rings. The van der Waals surface area contributed by atoms with Crippen molar-refractivity contribution in [1.29, 1.82) is 5.26 Å². The van der Waals surface area contributed by atoms with E-state index < -0.39 is 0 Å². The molecule has 0 bridgehead atoms. The van der Waals surface area contributed by atoms with Gasteiger partial charge in [0.1, 0.15) is 17.5 Å². The van der Waals surface area contributed by atoms with E-state index in [2.05, 4.69) is 38.8 Å².